The normalized spacial score (nSPS) is 11.3. The van der Waals surface area contributed by atoms with Gasteiger partial charge in [-0.15, -0.1) is 0 Å². The van der Waals surface area contributed by atoms with Gasteiger partial charge >= 0.3 is 0 Å². The highest BCUT2D eigenvalue weighted by Crippen LogP contribution is 2.17. The molecule has 0 saturated heterocycles. The van der Waals surface area contributed by atoms with Gasteiger partial charge in [-0.25, -0.2) is 12.8 Å². The summed E-state index contributed by atoms with van der Waals surface area (Å²) in [5.74, 6) is -0.824. The largest absolute Gasteiger partial charge is 0.378 e. The van der Waals surface area contributed by atoms with Crippen LogP contribution in [0.5, 0.6) is 0 Å². The number of nitriles is 1. The second-order valence-electron chi connectivity index (χ2n) is 4.14. The molecular weight excluding hydrogens is 271 g/mol. The van der Waals surface area contributed by atoms with Crippen molar-refractivity contribution in [1.29, 1.82) is 5.26 Å². The minimum atomic E-state index is -3.62. The summed E-state index contributed by atoms with van der Waals surface area (Å²) < 4.78 is 43.8. The third-order valence-electron chi connectivity index (χ3n) is 2.17. The molecule has 0 unspecified atom stereocenters. The van der Waals surface area contributed by atoms with E-state index >= 15 is 0 Å². The van der Waals surface area contributed by atoms with E-state index < -0.39 is 15.8 Å². The highest BCUT2D eigenvalue weighted by atomic mass is 32.2. The standard InChI is InChI=1S/C12H15FN2O3S/c1-9(2)18-5-6-19(16,17)15-12-4-3-11(13)7-10(12)8-14/h3-4,7,9,15H,5-6H2,1-2H3. The molecule has 0 aliphatic carbocycles. The van der Waals surface area contributed by atoms with E-state index in [0.29, 0.717) is 0 Å². The highest BCUT2D eigenvalue weighted by molar-refractivity contribution is 7.92. The third kappa shape index (κ3) is 5.24. The molecule has 0 aliphatic heterocycles. The molecule has 19 heavy (non-hydrogen) atoms. The number of rotatable bonds is 6. The zero-order valence-corrected chi connectivity index (χ0v) is 11.5. The zero-order valence-electron chi connectivity index (χ0n) is 10.7. The van der Waals surface area contributed by atoms with Crippen LogP contribution in [0.1, 0.15) is 19.4 Å². The number of nitrogens with zero attached hydrogens (tertiary/aromatic N) is 1. The van der Waals surface area contributed by atoms with Gasteiger partial charge in [0.2, 0.25) is 10.0 Å². The van der Waals surface area contributed by atoms with Crippen molar-refractivity contribution in [3.05, 3.63) is 29.6 Å². The van der Waals surface area contributed by atoms with E-state index in [1.165, 1.54) is 6.07 Å². The summed E-state index contributed by atoms with van der Waals surface area (Å²) in [6.07, 6.45) is -0.0595. The van der Waals surface area contributed by atoms with Gasteiger partial charge in [0, 0.05) is 0 Å². The van der Waals surface area contributed by atoms with Gasteiger partial charge in [0.15, 0.2) is 0 Å². The molecule has 1 aromatic rings. The van der Waals surface area contributed by atoms with Crippen molar-refractivity contribution >= 4 is 15.7 Å². The molecule has 0 aliphatic rings. The van der Waals surface area contributed by atoms with E-state index in [4.69, 9.17) is 10.00 Å². The number of nitrogens with one attached hydrogen (secondary N) is 1. The van der Waals surface area contributed by atoms with E-state index in [-0.39, 0.29) is 29.7 Å². The molecule has 0 atom stereocenters. The summed E-state index contributed by atoms with van der Waals surface area (Å²) >= 11 is 0. The van der Waals surface area contributed by atoms with Crippen LogP contribution in [0.2, 0.25) is 0 Å². The second kappa shape index (κ2) is 6.50. The Morgan fingerprint density at radius 3 is 2.74 bits per heavy atom. The lowest BCUT2D eigenvalue weighted by molar-refractivity contribution is 0.0913. The number of benzene rings is 1. The van der Waals surface area contributed by atoms with Crippen molar-refractivity contribution in [2.24, 2.45) is 0 Å². The number of anilines is 1. The SMILES string of the molecule is CC(C)OCCS(=O)(=O)Nc1ccc(F)cc1C#N. The summed E-state index contributed by atoms with van der Waals surface area (Å²) in [6, 6.07) is 5.01. The second-order valence-corrected chi connectivity index (χ2v) is 5.98. The van der Waals surface area contributed by atoms with Crippen molar-refractivity contribution in [2.75, 3.05) is 17.1 Å². The molecule has 1 rings (SSSR count). The van der Waals surface area contributed by atoms with E-state index in [0.717, 1.165) is 12.1 Å². The Bertz CT molecular complexity index is 579. The minimum absolute atomic E-state index is 0.0517. The predicted octanol–water partition coefficient (Wildman–Crippen LogP) is 1.86. The maximum absolute atomic E-state index is 12.9. The van der Waals surface area contributed by atoms with E-state index in [9.17, 15) is 12.8 Å². The summed E-state index contributed by atoms with van der Waals surface area (Å²) in [6.45, 7) is 3.65. The zero-order chi connectivity index (χ0) is 14.5. The summed E-state index contributed by atoms with van der Waals surface area (Å²) in [5, 5.41) is 8.81. The molecule has 0 heterocycles. The average molecular weight is 286 g/mol. The topological polar surface area (TPSA) is 79.2 Å². The highest BCUT2D eigenvalue weighted by Gasteiger charge is 2.13. The Hall–Kier alpha value is -1.65. The van der Waals surface area contributed by atoms with E-state index in [1.807, 2.05) is 0 Å². The lowest BCUT2D eigenvalue weighted by atomic mass is 10.2. The first-order valence-electron chi connectivity index (χ1n) is 5.66. The van der Waals surface area contributed by atoms with Crippen LogP contribution in [-0.4, -0.2) is 26.9 Å². The number of halogens is 1. The van der Waals surface area contributed by atoms with Crippen LogP contribution in [0.4, 0.5) is 10.1 Å². The lowest BCUT2D eigenvalue weighted by Gasteiger charge is -2.11. The maximum Gasteiger partial charge on any atom is 0.235 e. The fraction of sp³-hybridized carbons (Fsp3) is 0.417. The van der Waals surface area contributed by atoms with Crippen molar-refractivity contribution in [1.82, 2.24) is 0 Å². The first-order valence-corrected chi connectivity index (χ1v) is 7.31. The summed E-state index contributed by atoms with van der Waals surface area (Å²) in [5.41, 5.74) is 0.00167. The number of sulfonamides is 1. The first kappa shape index (κ1) is 15.4. The Balaban J connectivity index is 2.76. The number of hydrogen-bond acceptors (Lipinski definition) is 4. The average Bonchev–Trinajstić information content (AvgIpc) is 2.30. The van der Waals surface area contributed by atoms with Crippen LogP contribution in [0.15, 0.2) is 18.2 Å². The van der Waals surface area contributed by atoms with Crippen LogP contribution >= 0.6 is 0 Å². The van der Waals surface area contributed by atoms with Gasteiger partial charge in [0.25, 0.3) is 0 Å². The van der Waals surface area contributed by atoms with Gasteiger partial charge in [0.1, 0.15) is 11.9 Å². The van der Waals surface area contributed by atoms with Crippen LogP contribution in [0.25, 0.3) is 0 Å². The molecule has 0 amide bonds. The molecule has 1 N–H and O–H groups in total. The fourth-order valence-corrected chi connectivity index (χ4v) is 2.24. The Morgan fingerprint density at radius 2 is 2.16 bits per heavy atom. The van der Waals surface area contributed by atoms with Crippen molar-refractivity contribution in [3.8, 4) is 6.07 Å². The molecule has 7 heteroatoms. The van der Waals surface area contributed by atoms with Crippen LogP contribution in [0.3, 0.4) is 0 Å². The Morgan fingerprint density at radius 1 is 1.47 bits per heavy atom. The first-order chi connectivity index (χ1) is 8.84. The monoisotopic (exact) mass is 286 g/mol. The summed E-state index contributed by atoms with van der Waals surface area (Å²) in [7, 11) is -3.62. The molecule has 104 valence electrons. The molecule has 0 bridgehead atoms. The molecule has 0 saturated carbocycles. The molecule has 0 fully saturated rings. The molecule has 0 aromatic heterocycles. The summed E-state index contributed by atoms with van der Waals surface area (Å²) in [4.78, 5) is 0. The molecule has 0 radical (unpaired) electrons. The van der Waals surface area contributed by atoms with Crippen molar-refractivity contribution in [2.45, 2.75) is 20.0 Å². The molecule has 1 aromatic carbocycles. The number of ether oxygens (including phenoxy) is 1. The maximum atomic E-state index is 12.9. The van der Waals surface area contributed by atoms with Gasteiger partial charge in [-0.2, -0.15) is 5.26 Å². The van der Waals surface area contributed by atoms with Crippen LogP contribution < -0.4 is 4.72 Å². The lowest BCUT2D eigenvalue weighted by Crippen LogP contribution is -2.22. The molecule has 0 spiro atoms. The quantitative estimate of drug-likeness (QED) is 0.865. The molecule has 5 nitrogen and oxygen atoms in total. The Kier molecular flexibility index (Phi) is 5.27. The molecular formula is C12H15FN2O3S. The number of hydrogen-bond donors (Lipinski definition) is 1. The predicted molar refractivity (Wildman–Crippen MR) is 69.6 cm³/mol. The smallest absolute Gasteiger partial charge is 0.235 e. The van der Waals surface area contributed by atoms with Gasteiger partial charge in [-0.1, -0.05) is 0 Å². The van der Waals surface area contributed by atoms with E-state index in [1.54, 1.807) is 19.9 Å². The van der Waals surface area contributed by atoms with Crippen LogP contribution in [0, 0.1) is 17.1 Å². The van der Waals surface area contributed by atoms with Gasteiger partial charge in [0.05, 0.1) is 29.7 Å². The van der Waals surface area contributed by atoms with Gasteiger partial charge in [-0.05, 0) is 32.0 Å². The van der Waals surface area contributed by atoms with Crippen molar-refractivity contribution in [3.63, 3.8) is 0 Å². The fourth-order valence-electron chi connectivity index (χ4n) is 1.31. The van der Waals surface area contributed by atoms with Crippen LogP contribution in [-0.2, 0) is 14.8 Å². The van der Waals surface area contributed by atoms with Gasteiger partial charge in [-0.3, -0.25) is 4.72 Å². The minimum Gasteiger partial charge on any atom is -0.378 e. The van der Waals surface area contributed by atoms with E-state index in [2.05, 4.69) is 4.72 Å². The van der Waals surface area contributed by atoms with Gasteiger partial charge < -0.3 is 4.74 Å². The third-order valence-corrected chi connectivity index (χ3v) is 3.41. The Labute approximate surface area is 112 Å². The van der Waals surface area contributed by atoms with Crippen molar-refractivity contribution < 1.29 is 17.5 Å².